The molecule has 1 N–H and O–H groups in total. The molecule has 3 atom stereocenters. The monoisotopic (exact) mass is 397 g/mol. The van der Waals surface area contributed by atoms with E-state index >= 15 is 0 Å². The molecule has 0 saturated heterocycles. The highest BCUT2D eigenvalue weighted by atomic mass is 79.9. The van der Waals surface area contributed by atoms with E-state index in [0.29, 0.717) is 30.8 Å². The summed E-state index contributed by atoms with van der Waals surface area (Å²) in [5.74, 6) is 2.95. The maximum atomic E-state index is 9.42. The van der Waals surface area contributed by atoms with Gasteiger partial charge in [0.2, 0.25) is 11.7 Å². The van der Waals surface area contributed by atoms with Crippen LogP contribution in [0.5, 0.6) is 0 Å². The third kappa shape index (κ3) is 3.24. The molecule has 0 aliphatic heterocycles. The number of aliphatic hydroxyl groups excluding tert-OH is 1. The predicted octanol–water partition coefficient (Wildman–Crippen LogP) is 3.54. The van der Waals surface area contributed by atoms with Gasteiger partial charge in [0.25, 0.3) is 0 Å². The summed E-state index contributed by atoms with van der Waals surface area (Å²) < 4.78 is 6.51. The highest BCUT2D eigenvalue weighted by Gasteiger charge is 2.42. The number of fused-ring (bicyclic) bond motifs is 2. The van der Waals surface area contributed by atoms with Gasteiger partial charge in [0, 0.05) is 12.6 Å². The predicted molar refractivity (Wildman–Crippen MR) is 92.0 cm³/mol. The van der Waals surface area contributed by atoms with Crippen molar-refractivity contribution in [2.75, 3.05) is 13.2 Å². The van der Waals surface area contributed by atoms with E-state index in [-0.39, 0.29) is 6.61 Å². The van der Waals surface area contributed by atoms with E-state index in [1.165, 1.54) is 25.7 Å². The Bertz CT molecular complexity index is 674. The van der Waals surface area contributed by atoms with Gasteiger partial charge in [0.05, 0.1) is 21.8 Å². The zero-order valence-electron chi connectivity index (χ0n) is 12.8. The molecule has 0 spiro atoms. The Balaban J connectivity index is 1.48. The van der Waals surface area contributed by atoms with Crippen molar-refractivity contribution in [1.29, 1.82) is 0 Å². The SMILES string of the molecule is OCCN(Cc1nc(-c2ccc(Br)s2)no1)[C@@H]1C[C@H]2CC[C@H]1C2. The van der Waals surface area contributed by atoms with Gasteiger partial charge in [0.15, 0.2) is 0 Å². The second kappa shape index (κ2) is 6.63. The van der Waals surface area contributed by atoms with Crippen molar-refractivity contribution in [3.05, 3.63) is 21.8 Å². The van der Waals surface area contributed by atoms with Crippen molar-refractivity contribution in [3.8, 4) is 10.7 Å². The lowest BCUT2D eigenvalue weighted by atomic mass is 9.94. The smallest absolute Gasteiger partial charge is 0.241 e. The Morgan fingerprint density at radius 1 is 1.35 bits per heavy atom. The summed E-state index contributed by atoms with van der Waals surface area (Å²) >= 11 is 5.05. The number of hydrogen-bond acceptors (Lipinski definition) is 6. The molecular formula is C16H20BrN3O2S. The zero-order valence-corrected chi connectivity index (χ0v) is 15.2. The number of aliphatic hydroxyl groups is 1. The van der Waals surface area contributed by atoms with Crippen LogP contribution in [0.25, 0.3) is 10.7 Å². The third-order valence-electron chi connectivity index (χ3n) is 5.16. The first-order valence-electron chi connectivity index (χ1n) is 8.16. The first kappa shape index (κ1) is 15.7. The van der Waals surface area contributed by atoms with Crippen molar-refractivity contribution < 1.29 is 9.63 Å². The van der Waals surface area contributed by atoms with Gasteiger partial charge >= 0.3 is 0 Å². The number of halogens is 1. The van der Waals surface area contributed by atoms with E-state index in [0.717, 1.165) is 20.5 Å². The second-order valence-corrected chi connectivity index (χ2v) is 9.01. The van der Waals surface area contributed by atoms with Crippen molar-refractivity contribution in [2.45, 2.75) is 38.3 Å². The molecule has 5 nitrogen and oxygen atoms in total. The molecule has 2 aliphatic rings. The Morgan fingerprint density at radius 2 is 2.26 bits per heavy atom. The summed E-state index contributed by atoms with van der Waals surface area (Å²) in [6, 6.07) is 4.54. The zero-order chi connectivity index (χ0) is 15.8. The van der Waals surface area contributed by atoms with E-state index in [4.69, 9.17) is 4.52 Å². The molecule has 2 aromatic heterocycles. The average Bonchev–Trinajstić information content (AvgIpc) is 3.30. The largest absolute Gasteiger partial charge is 0.395 e. The molecule has 2 aliphatic carbocycles. The van der Waals surface area contributed by atoms with E-state index in [1.807, 2.05) is 12.1 Å². The molecule has 4 rings (SSSR count). The van der Waals surface area contributed by atoms with Gasteiger partial charge in [-0.15, -0.1) is 11.3 Å². The third-order valence-corrected chi connectivity index (χ3v) is 6.78. The van der Waals surface area contributed by atoms with Crippen LogP contribution < -0.4 is 0 Å². The average molecular weight is 398 g/mol. The number of rotatable bonds is 6. The molecule has 7 heteroatoms. The molecule has 0 aromatic carbocycles. The normalized spacial score (nSPS) is 26.5. The fourth-order valence-corrected chi connectivity index (χ4v) is 5.49. The molecule has 0 amide bonds. The van der Waals surface area contributed by atoms with Gasteiger partial charge in [-0.25, -0.2) is 0 Å². The molecule has 2 aromatic rings. The standard InChI is InChI=1S/C16H20BrN3O2S/c17-14-4-3-13(23-14)16-18-15(22-19-16)9-20(5-6-21)12-8-10-1-2-11(12)7-10/h3-4,10-12,21H,1-2,5-9H2/t10-,11-,12+/m0/s1. The lowest BCUT2D eigenvalue weighted by Gasteiger charge is -2.33. The molecule has 0 unspecified atom stereocenters. The lowest BCUT2D eigenvalue weighted by Crippen LogP contribution is -2.40. The van der Waals surface area contributed by atoms with Crippen molar-refractivity contribution in [2.24, 2.45) is 11.8 Å². The van der Waals surface area contributed by atoms with E-state index < -0.39 is 0 Å². The highest BCUT2D eigenvalue weighted by Crippen LogP contribution is 2.46. The summed E-state index contributed by atoms with van der Waals surface area (Å²) in [6.45, 7) is 1.48. The summed E-state index contributed by atoms with van der Waals surface area (Å²) in [7, 11) is 0. The van der Waals surface area contributed by atoms with E-state index in [9.17, 15) is 5.11 Å². The maximum Gasteiger partial charge on any atom is 0.241 e. The Labute approximate surface area is 147 Å². The number of nitrogens with zero attached hydrogens (tertiary/aromatic N) is 3. The van der Waals surface area contributed by atoms with Crippen LogP contribution in [0.3, 0.4) is 0 Å². The number of thiophene rings is 1. The van der Waals surface area contributed by atoms with Crippen LogP contribution >= 0.6 is 27.3 Å². The highest BCUT2D eigenvalue weighted by molar-refractivity contribution is 9.11. The fraction of sp³-hybridized carbons (Fsp3) is 0.625. The Morgan fingerprint density at radius 3 is 2.91 bits per heavy atom. The minimum atomic E-state index is 0.173. The summed E-state index contributed by atoms with van der Waals surface area (Å²) in [4.78, 5) is 7.88. The van der Waals surface area contributed by atoms with Crippen molar-refractivity contribution in [1.82, 2.24) is 15.0 Å². The summed E-state index contributed by atoms with van der Waals surface area (Å²) in [5.41, 5.74) is 0. The Hall–Kier alpha value is -0.760. The number of aromatic nitrogens is 2. The van der Waals surface area contributed by atoms with Gasteiger partial charge in [-0.2, -0.15) is 4.98 Å². The van der Waals surface area contributed by atoms with Crippen LogP contribution in [0.4, 0.5) is 0 Å². The summed E-state index contributed by atoms with van der Waals surface area (Å²) in [5, 5.41) is 13.5. The van der Waals surface area contributed by atoms with Crippen LogP contribution in [0.15, 0.2) is 20.4 Å². The first-order chi connectivity index (χ1) is 11.2. The molecule has 23 heavy (non-hydrogen) atoms. The fourth-order valence-electron chi connectivity index (χ4n) is 4.18. The minimum Gasteiger partial charge on any atom is -0.395 e. The molecule has 124 valence electrons. The first-order valence-corrected chi connectivity index (χ1v) is 9.77. The van der Waals surface area contributed by atoms with Crippen LogP contribution in [0.2, 0.25) is 0 Å². The van der Waals surface area contributed by atoms with Crippen molar-refractivity contribution >= 4 is 27.3 Å². The van der Waals surface area contributed by atoms with Gasteiger partial charge in [-0.05, 0) is 59.2 Å². The molecule has 2 saturated carbocycles. The van der Waals surface area contributed by atoms with E-state index in [2.05, 4.69) is 31.0 Å². The minimum absolute atomic E-state index is 0.173. The van der Waals surface area contributed by atoms with Gasteiger partial charge < -0.3 is 9.63 Å². The van der Waals surface area contributed by atoms with Crippen LogP contribution in [0.1, 0.15) is 31.6 Å². The summed E-state index contributed by atoms with van der Waals surface area (Å²) in [6.07, 6.45) is 5.32. The van der Waals surface area contributed by atoms with Gasteiger partial charge in [0.1, 0.15) is 0 Å². The quantitative estimate of drug-likeness (QED) is 0.807. The van der Waals surface area contributed by atoms with Gasteiger partial charge in [-0.1, -0.05) is 11.6 Å². The van der Waals surface area contributed by atoms with Crippen molar-refractivity contribution in [3.63, 3.8) is 0 Å². The van der Waals surface area contributed by atoms with Crippen LogP contribution in [0, 0.1) is 11.8 Å². The molecule has 2 heterocycles. The second-order valence-electron chi connectivity index (χ2n) is 6.55. The molecule has 2 bridgehead atoms. The Kier molecular flexibility index (Phi) is 4.54. The lowest BCUT2D eigenvalue weighted by molar-refractivity contribution is 0.0953. The van der Waals surface area contributed by atoms with Gasteiger partial charge in [-0.3, -0.25) is 4.90 Å². The number of hydrogen-bond donors (Lipinski definition) is 1. The van der Waals surface area contributed by atoms with E-state index in [1.54, 1.807) is 11.3 Å². The topological polar surface area (TPSA) is 62.4 Å². The van der Waals surface area contributed by atoms with Crippen LogP contribution in [-0.2, 0) is 6.54 Å². The maximum absolute atomic E-state index is 9.42. The van der Waals surface area contributed by atoms with Crippen LogP contribution in [-0.4, -0.2) is 39.3 Å². The molecule has 0 radical (unpaired) electrons. The molecule has 2 fully saturated rings. The molecular weight excluding hydrogens is 378 g/mol.